The molecule has 1 aromatic carbocycles. The Morgan fingerprint density at radius 1 is 1.20 bits per heavy atom. The number of hydrogen-bond acceptors (Lipinski definition) is 0. The van der Waals surface area contributed by atoms with Crippen molar-refractivity contribution in [2.45, 2.75) is 5.33 Å². The van der Waals surface area contributed by atoms with Crippen molar-refractivity contribution in [3.8, 4) is 11.3 Å². The van der Waals surface area contributed by atoms with Gasteiger partial charge in [0.2, 0.25) is 0 Å². The van der Waals surface area contributed by atoms with Crippen LogP contribution in [0.15, 0.2) is 30.5 Å². The van der Waals surface area contributed by atoms with Crippen LogP contribution in [-0.2, 0) is 5.33 Å². The van der Waals surface area contributed by atoms with Crippen molar-refractivity contribution in [3.63, 3.8) is 0 Å². The molecule has 1 heterocycles. The van der Waals surface area contributed by atoms with Gasteiger partial charge in [0.25, 0.3) is 0 Å². The van der Waals surface area contributed by atoms with E-state index in [-0.39, 0.29) is 5.56 Å². The molecule has 0 atom stereocenters. The van der Waals surface area contributed by atoms with Gasteiger partial charge in [-0.3, -0.25) is 0 Å². The molecule has 0 fully saturated rings. The smallest absolute Gasteiger partial charge is 0.133 e. The van der Waals surface area contributed by atoms with Gasteiger partial charge in [0.1, 0.15) is 11.6 Å². The first-order valence-corrected chi connectivity index (χ1v) is 5.52. The second-order valence-corrected chi connectivity index (χ2v) is 3.70. The monoisotopic (exact) mass is 271 g/mol. The molecule has 1 N–H and O–H groups in total. The summed E-state index contributed by atoms with van der Waals surface area (Å²) in [6, 6.07) is 5.86. The Morgan fingerprint density at radius 3 is 2.60 bits per heavy atom. The Hall–Kier alpha value is -1.16. The van der Waals surface area contributed by atoms with Crippen molar-refractivity contribution in [1.29, 1.82) is 0 Å². The highest BCUT2D eigenvalue weighted by molar-refractivity contribution is 9.08. The van der Waals surface area contributed by atoms with Crippen molar-refractivity contribution in [1.82, 2.24) is 4.98 Å². The summed E-state index contributed by atoms with van der Waals surface area (Å²) >= 11 is 3.10. The molecule has 15 heavy (non-hydrogen) atoms. The third-order valence-corrected chi connectivity index (χ3v) is 2.77. The van der Waals surface area contributed by atoms with Gasteiger partial charge in [-0.05, 0) is 24.3 Å². The van der Waals surface area contributed by atoms with Crippen LogP contribution in [0.1, 0.15) is 5.56 Å². The Bertz CT molecular complexity index is 466. The molecule has 2 rings (SSSR count). The van der Waals surface area contributed by atoms with Gasteiger partial charge in [-0.15, -0.1) is 0 Å². The topological polar surface area (TPSA) is 15.8 Å². The molecule has 0 spiro atoms. The molecule has 0 bridgehead atoms. The number of rotatable bonds is 2. The summed E-state index contributed by atoms with van der Waals surface area (Å²) < 4.78 is 27.0. The number of alkyl halides is 1. The molecule has 0 aliphatic carbocycles. The Balaban J connectivity index is 2.55. The van der Waals surface area contributed by atoms with Crippen LogP contribution in [0.3, 0.4) is 0 Å². The summed E-state index contributed by atoms with van der Waals surface area (Å²) in [6.45, 7) is 0. The van der Waals surface area contributed by atoms with Crippen LogP contribution < -0.4 is 0 Å². The highest BCUT2D eigenvalue weighted by Gasteiger charge is 2.11. The van der Waals surface area contributed by atoms with Crippen LogP contribution in [0.5, 0.6) is 0 Å². The molecule has 0 radical (unpaired) electrons. The van der Waals surface area contributed by atoms with Crippen LogP contribution in [0.4, 0.5) is 8.78 Å². The van der Waals surface area contributed by atoms with E-state index in [4.69, 9.17) is 0 Å². The maximum atomic E-state index is 13.6. The Kier molecular flexibility index (Phi) is 2.86. The van der Waals surface area contributed by atoms with Crippen molar-refractivity contribution >= 4 is 15.9 Å². The second kappa shape index (κ2) is 4.14. The molecule has 2 aromatic rings. The molecule has 0 aliphatic rings. The highest BCUT2D eigenvalue weighted by atomic mass is 79.9. The summed E-state index contributed by atoms with van der Waals surface area (Å²) in [5.41, 5.74) is 1.15. The van der Waals surface area contributed by atoms with E-state index in [1.54, 1.807) is 18.3 Å². The Morgan fingerprint density at radius 2 is 2.00 bits per heavy atom. The maximum Gasteiger partial charge on any atom is 0.133 e. The molecular formula is C11H8BrF2N. The first-order valence-electron chi connectivity index (χ1n) is 4.40. The lowest BCUT2D eigenvalue weighted by Gasteiger charge is -2.04. The predicted molar refractivity (Wildman–Crippen MR) is 58.8 cm³/mol. The van der Waals surface area contributed by atoms with Gasteiger partial charge in [-0.1, -0.05) is 15.9 Å². The van der Waals surface area contributed by atoms with Gasteiger partial charge < -0.3 is 4.98 Å². The van der Waals surface area contributed by atoms with Gasteiger partial charge in [0.15, 0.2) is 0 Å². The molecule has 1 aromatic heterocycles. The number of aromatic nitrogens is 1. The summed E-state index contributed by atoms with van der Waals surface area (Å²) in [6.07, 6.45) is 1.67. The molecule has 78 valence electrons. The summed E-state index contributed by atoms with van der Waals surface area (Å²) in [5.74, 6) is -0.828. The average molecular weight is 272 g/mol. The van der Waals surface area contributed by atoms with Crippen molar-refractivity contribution in [2.75, 3.05) is 0 Å². The zero-order valence-corrected chi connectivity index (χ0v) is 9.31. The van der Waals surface area contributed by atoms with Gasteiger partial charge in [-0.25, -0.2) is 8.78 Å². The van der Waals surface area contributed by atoms with Crippen LogP contribution >= 0.6 is 15.9 Å². The molecule has 0 aliphatic heterocycles. The van der Waals surface area contributed by atoms with Gasteiger partial charge in [-0.2, -0.15) is 0 Å². The van der Waals surface area contributed by atoms with Crippen LogP contribution in [0, 0.1) is 11.6 Å². The average Bonchev–Trinajstić information content (AvgIpc) is 2.74. The van der Waals surface area contributed by atoms with Crippen molar-refractivity contribution in [3.05, 3.63) is 47.7 Å². The summed E-state index contributed by atoms with van der Waals surface area (Å²) in [7, 11) is 0. The number of benzene rings is 1. The molecular weight excluding hydrogens is 264 g/mol. The fourth-order valence-corrected chi connectivity index (χ4v) is 1.82. The fourth-order valence-electron chi connectivity index (χ4n) is 1.39. The molecule has 0 unspecified atom stereocenters. The zero-order chi connectivity index (χ0) is 10.8. The van der Waals surface area contributed by atoms with Gasteiger partial charge >= 0.3 is 0 Å². The number of aromatic amines is 1. The third kappa shape index (κ3) is 1.95. The fraction of sp³-hybridized carbons (Fsp3) is 0.0909. The predicted octanol–water partition coefficient (Wildman–Crippen LogP) is 3.85. The standard InChI is InChI=1S/C11H8BrF2N/c12-6-7-4-10(14)8(5-9(7)13)11-2-1-3-15-11/h1-5,15H,6H2. The minimum Gasteiger partial charge on any atom is -0.361 e. The van der Waals surface area contributed by atoms with E-state index in [0.717, 1.165) is 0 Å². The lowest BCUT2D eigenvalue weighted by atomic mass is 10.1. The summed E-state index contributed by atoms with van der Waals surface area (Å²) in [5, 5.41) is 0.306. The van der Waals surface area contributed by atoms with E-state index in [0.29, 0.717) is 16.6 Å². The third-order valence-electron chi connectivity index (χ3n) is 2.17. The van der Waals surface area contributed by atoms with E-state index in [1.165, 1.54) is 12.1 Å². The first-order chi connectivity index (χ1) is 7.22. The molecule has 0 saturated heterocycles. The van der Waals surface area contributed by atoms with Crippen molar-refractivity contribution in [2.24, 2.45) is 0 Å². The SMILES string of the molecule is Fc1cc(-c2ccc[nH]2)c(F)cc1CBr. The Labute approximate surface area is 94.3 Å². The van der Waals surface area contributed by atoms with Crippen molar-refractivity contribution < 1.29 is 8.78 Å². The van der Waals surface area contributed by atoms with E-state index >= 15 is 0 Å². The number of halogens is 3. The summed E-state index contributed by atoms with van der Waals surface area (Å²) in [4.78, 5) is 2.84. The number of hydrogen-bond donors (Lipinski definition) is 1. The van der Waals surface area contributed by atoms with Gasteiger partial charge in [0.05, 0.1) is 0 Å². The largest absolute Gasteiger partial charge is 0.361 e. The zero-order valence-electron chi connectivity index (χ0n) is 7.73. The molecule has 0 saturated carbocycles. The number of nitrogens with one attached hydrogen (secondary N) is 1. The lowest BCUT2D eigenvalue weighted by Crippen LogP contribution is -1.92. The maximum absolute atomic E-state index is 13.6. The van der Waals surface area contributed by atoms with Crippen LogP contribution in [0.25, 0.3) is 11.3 Å². The molecule has 1 nitrogen and oxygen atoms in total. The van der Waals surface area contributed by atoms with Gasteiger partial charge in [0, 0.05) is 28.3 Å². The van der Waals surface area contributed by atoms with E-state index in [9.17, 15) is 8.78 Å². The molecule has 4 heteroatoms. The molecule has 0 amide bonds. The quantitative estimate of drug-likeness (QED) is 0.799. The minimum absolute atomic E-state index is 0.252. The normalized spacial score (nSPS) is 10.6. The van der Waals surface area contributed by atoms with E-state index < -0.39 is 11.6 Å². The van der Waals surface area contributed by atoms with Crippen LogP contribution in [-0.4, -0.2) is 4.98 Å². The van der Waals surface area contributed by atoms with E-state index in [2.05, 4.69) is 20.9 Å². The first kappa shape index (κ1) is 10.4. The van der Waals surface area contributed by atoms with Crippen LogP contribution in [0.2, 0.25) is 0 Å². The van der Waals surface area contributed by atoms with E-state index in [1.807, 2.05) is 0 Å². The minimum atomic E-state index is -0.423. The lowest BCUT2D eigenvalue weighted by molar-refractivity contribution is 0.594. The highest BCUT2D eigenvalue weighted by Crippen LogP contribution is 2.25. The second-order valence-electron chi connectivity index (χ2n) is 3.14. The number of H-pyrrole nitrogens is 1.